The second-order valence-corrected chi connectivity index (χ2v) is 7.95. The first-order chi connectivity index (χ1) is 15.0. The molecule has 1 aromatic heterocycles. The number of pyridine rings is 1. The summed E-state index contributed by atoms with van der Waals surface area (Å²) in [7, 11) is 3.32. The van der Waals surface area contributed by atoms with E-state index in [1.165, 1.54) is 0 Å². The van der Waals surface area contributed by atoms with Crippen LogP contribution in [-0.4, -0.2) is 44.7 Å². The molecule has 1 saturated heterocycles. The second kappa shape index (κ2) is 8.63. The minimum Gasteiger partial charge on any atom is -0.497 e. The van der Waals surface area contributed by atoms with Crippen LogP contribution in [0.4, 0.5) is 5.82 Å². The molecule has 31 heavy (non-hydrogen) atoms. The molecule has 0 amide bonds. The number of hydrogen-bond acceptors (Lipinski definition) is 6. The van der Waals surface area contributed by atoms with Crippen molar-refractivity contribution in [3.05, 3.63) is 53.7 Å². The van der Waals surface area contributed by atoms with E-state index in [-0.39, 0.29) is 0 Å². The maximum absolute atomic E-state index is 6.53. The number of methoxy groups -OCH3 is 2. The van der Waals surface area contributed by atoms with Crippen LogP contribution in [0.3, 0.4) is 0 Å². The van der Waals surface area contributed by atoms with Crippen LogP contribution in [-0.2, 0) is 4.74 Å². The molecule has 0 bridgehead atoms. The number of nitrogens with zero attached hydrogens (tertiary/aromatic N) is 2. The lowest BCUT2D eigenvalue weighted by molar-refractivity contribution is -0.189. The number of aryl methyl sites for hydroxylation is 2. The predicted octanol–water partition coefficient (Wildman–Crippen LogP) is 4.89. The lowest BCUT2D eigenvalue weighted by Crippen LogP contribution is -2.55. The summed E-state index contributed by atoms with van der Waals surface area (Å²) in [6, 6.07) is 12.1. The molecule has 0 saturated carbocycles. The maximum atomic E-state index is 6.53. The van der Waals surface area contributed by atoms with Gasteiger partial charge in [-0.05, 0) is 42.5 Å². The minimum atomic E-state index is -0.724. The van der Waals surface area contributed by atoms with E-state index in [9.17, 15) is 0 Å². The van der Waals surface area contributed by atoms with Crippen LogP contribution in [0.25, 0.3) is 10.8 Å². The third-order valence-corrected chi connectivity index (χ3v) is 5.93. The average molecular weight is 423 g/mol. The Bertz CT molecular complexity index is 1060. The zero-order valence-corrected chi connectivity index (χ0v) is 18.9. The van der Waals surface area contributed by atoms with Crippen LogP contribution in [0.15, 0.2) is 42.6 Å². The Morgan fingerprint density at radius 1 is 1.10 bits per heavy atom. The molecule has 1 aliphatic heterocycles. The van der Waals surface area contributed by atoms with Crippen molar-refractivity contribution in [3.63, 3.8) is 0 Å². The largest absolute Gasteiger partial charge is 0.497 e. The maximum Gasteiger partial charge on any atom is 0.228 e. The molecule has 0 aliphatic carbocycles. The van der Waals surface area contributed by atoms with Crippen LogP contribution in [0, 0.1) is 13.8 Å². The molecule has 0 spiro atoms. The molecule has 6 nitrogen and oxygen atoms in total. The molecular formula is C25H30N2O4. The molecule has 1 fully saturated rings. The third-order valence-electron chi connectivity index (χ3n) is 5.93. The fourth-order valence-electron chi connectivity index (χ4n) is 4.09. The summed E-state index contributed by atoms with van der Waals surface area (Å²) in [4.78, 5) is 6.96. The number of fused-ring (bicyclic) bond motifs is 1. The average Bonchev–Trinajstić information content (AvgIpc) is 2.80. The van der Waals surface area contributed by atoms with Crippen molar-refractivity contribution < 1.29 is 18.9 Å². The van der Waals surface area contributed by atoms with Crippen LogP contribution < -0.4 is 19.1 Å². The Morgan fingerprint density at radius 2 is 1.87 bits per heavy atom. The molecule has 1 unspecified atom stereocenters. The van der Waals surface area contributed by atoms with E-state index >= 15 is 0 Å². The monoisotopic (exact) mass is 422 g/mol. The van der Waals surface area contributed by atoms with E-state index in [4.69, 9.17) is 23.9 Å². The SMILES string of the molecule is CCC1(Oc2c(C)cccc2C)CN(c2cc3cc(OC)cc(OC)c3cn2)CCO1. The van der Waals surface area contributed by atoms with Gasteiger partial charge in [-0.3, -0.25) is 0 Å². The van der Waals surface area contributed by atoms with Gasteiger partial charge in [-0.2, -0.15) is 0 Å². The fourth-order valence-corrected chi connectivity index (χ4v) is 4.09. The van der Waals surface area contributed by atoms with E-state index in [0.717, 1.165) is 57.9 Å². The first-order valence-electron chi connectivity index (χ1n) is 10.6. The molecule has 2 heterocycles. The van der Waals surface area contributed by atoms with Gasteiger partial charge in [0.2, 0.25) is 5.79 Å². The minimum absolute atomic E-state index is 0.569. The van der Waals surface area contributed by atoms with E-state index in [1.807, 2.05) is 24.4 Å². The van der Waals surface area contributed by atoms with Crippen molar-refractivity contribution >= 4 is 16.6 Å². The third kappa shape index (κ3) is 4.12. The Hall–Kier alpha value is -2.99. The lowest BCUT2D eigenvalue weighted by atomic mass is 10.1. The molecule has 6 heteroatoms. The van der Waals surface area contributed by atoms with Gasteiger partial charge in [0.05, 0.1) is 27.4 Å². The molecule has 3 aromatic rings. The summed E-state index contributed by atoms with van der Waals surface area (Å²) in [5.41, 5.74) is 2.22. The van der Waals surface area contributed by atoms with Gasteiger partial charge in [-0.15, -0.1) is 0 Å². The molecular weight excluding hydrogens is 392 g/mol. The highest BCUT2D eigenvalue weighted by Crippen LogP contribution is 2.35. The smallest absolute Gasteiger partial charge is 0.228 e. The summed E-state index contributed by atoms with van der Waals surface area (Å²) >= 11 is 0. The van der Waals surface area contributed by atoms with Crippen molar-refractivity contribution in [3.8, 4) is 17.2 Å². The van der Waals surface area contributed by atoms with E-state index in [0.29, 0.717) is 13.2 Å². The first kappa shape index (κ1) is 21.2. The van der Waals surface area contributed by atoms with Gasteiger partial charge in [0.15, 0.2) is 0 Å². The molecule has 2 aromatic carbocycles. The van der Waals surface area contributed by atoms with Crippen LogP contribution in [0.5, 0.6) is 17.2 Å². The van der Waals surface area contributed by atoms with Crippen molar-refractivity contribution in [1.82, 2.24) is 4.98 Å². The van der Waals surface area contributed by atoms with E-state index < -0.39 is 5.79 Å². The van der Waals surface area contributed by atoms with Gasteiger partial charge in [0.1, 0.15) is 23.1 Å². The highest BCUT2D eigenvalue weighted by molar-refractivity contribution is 5.91. The van der Waals surface area contributed by atoms with Crippen molar-refractivity contribution in [2.75, 3.05) is 38.8 Å². The highest BCUT2D eigenvalue weighted by atomic mass is 16.7. The summed E-state index contributed by atoms with van der Waals surface area (Å²) in [5, 5.41) is 1.97. The van der Waals surface area contributed by atoms with E-state index in [2.05, 4.69) is 43.9 Å². The van der Waals surface area contributed by atoms with Crippen LogP contribution in [0.1, 0.15) is 24.5 Å². The Kier molecular flexibility index (Phi) is 5.92. The summed E-state index contributed by atoms with van der Waals surface area (Å²) in [5.74, 6) is 2.56. The molecule has 1 aliphatic rings. The Morgan fingerprint density at radius 3 is 2.55 bits per heavy atom. The fraction of sp³-hybridized carbons (Fsp3) is 0.400. The number of rotatable bonds is 6. The molecule has 164 valence electrons. The van der Waals surface area contributed by atoms with Gasteiger partial charge in [0.25, 0.3) is 0 Å². The van der Waals surface area contributed by atoms with Gasteiger partial charge in [0, 0.05) is 30.6 Å². The standard InChI is InChI=1S/C25H30N2O4/c1-6-25(31-24-17(2)8-7-9-18(24)3)16-27(10-11-30-25)23-13-19-12-20(28-4)14-22(29-5)21(19)15-26-23/h7-9,12-15H,6,10-11,16H2,1-5H3. The molecule has 0 radical (unpaired) electrons. The summed E-state index contributed by atoms with van der Waals surface area (Å²) < 4.78 is 23.7. The Balaban J connectivity index is 1.66. The highest BCUT2D eigenvalue weighted by Gasteiger charge is 2.38. The molecule has 0 N–H and O–H groups in total. The lowest BCUT2D eigenvalue weighted by Gasteiger charge is -2.43. The topological polar surface area (TPSA) is 53.1 Å². The number of anilines is 1. The quantitative estimate of drug-likeness (QED) is 0.564. The van der Waals surface area contributed by atoms with Gasteiger partial charge < -0.3 is 23.8 Å². The summed E-state index contributed by atoms with van der Waals surface area (Å²) in [6.07, 6.45) is 2.59. The first-order valence-corrected chi connectivity index (χ1v) is 10.6. The van der Waals surface area contributed by atoms with Crippen molar-refractivity contribution in [1.29, 1.82) is 0 Å². The normalized spacial score (nSPS) is 18.8. The van der Waals surface area contributed by atoms with E-state index in [1.54, 1.807) is 14.2 Å². The number of hydrogen-bond donors (Lipinski definition) is 0. The van der Waals surface area contributed by atoms with Crippen LogP contribution >= 0.6 is 0 Å². The molecule has 1 atom stereocenters. The molecule has 4 rings (SSSR count). The number of benzene rings is 2. The Labute approximate surface area is 183 Å². The van der Waals surface area contributed by atoms with Gasteiger partial charge in [-0.1, -0.05) is 25.1 Å². The number of aromatic nitrogens is 1. The summed E-state index contributed by atoms with van der Waals surface area (Å²) in [6.45, 7) is 8.14. The van der Waals surface area contributed by atoms with Crippen molar-refractivity contribution in [2.24, 2.45) is 0 Å². The number of para-hydroxylation sites is 1. The second-order valence-electron chi connectivity index (χ2n) is 7.95. The van der Waals surface area contributed by atoms with Gasteiger partial charge >= 0.3 is 0 Å². The number of ether oxygens (including phenoxy) is 4. The predicted molar refractivity (Wildman–Crippen MR) is 123 cm³/mol. The zero-order chi connectivity index (χ0) is 22.0. The zero-order valence-electron chi connectivity index (χ0n) is 18.9. The number of morpholine rings is 1. The van der Waals surface area contributed by atoms with Gasteiger partial charge in [-0.25, -0.2) is 4.98 Å². The van der Waals surface area contributed by atoms with Crippen molar-refractivity contribution in [2.45, 2.75) is 33.0 Å². The van der Waals surface area contributed by atoms with Crippen LogP contribution in [0.2, 0.25) is 0 Å².